The Labute approximate surface area is 170 Å². The highest BCUT2D eigenvalue weighted by molar-refractivity contribution is 7.99. The number of carbonyl (C=O) groups excluding carboxylic acids is 2. The molecule has 2 amide bonds. The zero-order chi connectivity index (χ0) is 20.0. The molecule has 0 aliphatic rings. The second-order valence-corrected chi connectivity index (χ2v) is 7.30. The van der Waals surface area contributed by atoms with Gasteiger partial charge in [-0.25, -0.2) is 5.43 Å². The quantitative estimate of drug-likeness (QED) is 0.231. The van der Waals surface area contributed by atoms with Crippen LogP contribution in [0.1, 0.15) is 51.2 Å². The van der Waals surface area contributed by atoms with Crippen LogP contribution < -0.4 is 10.7 Å². The van der Waals surface area contributed by atoms with Gasteiger partial charge in [0.05, 0.1) is 12.0 Å². The fraction of sp³-hybridized carbons (Fsp3) is 0.381. The van der Waals surface area contributed by atoms with Crippen LogP contribution in [0, 0.1) is 0 Å². The molecule has 0 aliphatic carbocycles. The molecule has 1 aromatic carbocycles. The van der Waals surface area contributed by atoms with Crippen LogP contribution in [0.5, 0.6) is 0 Å². The normalized spacial score (nSPS) is 10.9. The van der Waals surface area contributed by atoms with Crippen molar-refractivity contribution in [1.29, 1.82) is 0 Å². The van der Waals surface area contributed by atoms with E-state index in [0.717, 1.165) is 18.5 Å². The maximum atomic E-state index is 11.9. The first-order valence-corrected chi connectivity index (χ1v) is 10.6. The van der Waals surface area contributed by atoms with Crippen LogP contribution in [0.2, 0.25) is 0 Å². The van der Waals surface area contributed by atoms with Crippen LogP contribution in [0.25, 0.3) is 0 Å². The third-order valence-corrected chi connectivity index (χ3v) is 4.80. The fourth-order valence-electron chi connectivity index (χ4n) is 2.45. The summed E-state index contributed by atoms with van der Waals surface area (Å²) in [6.07, 6.45) is 7.48. The summed E-state index contributed by atoms with van der Waals surface area (Å²) in [4.78, 5) is 23.6. The van der Waals surface area contributed by atoms with Crippen molar-refractivity contribution in [3.8, 4) is 0 Å². The molecule has 1 aromatic heterocycles. The monoisotopic (exact) mass is 401 g/mol. The van der Waals surface area contributed by atoms with Crippen LogP contribution in [-0.4, -0.2) is 23.8 Å². The molecule has 0 saturated carbocycles. The second-order valence-electron chi connectivity index (χ2n) is 6.32. The van der Waals surface area contributed by atoms with Gasteiger partial charge in [0, 0.05) is 12.1 Å². The minimum Gasteiger partial charge on any atom is -0.449 e. The van der Waals surface area contributed by atoms with Crippen molar-refractivity contribution in [2.75, 3.05) is 11.1 Å². The van der Waals surface area contributed by atoms with E-state index in [9.17, 15) is 9.59 Å². The molecule has 150 valence electrons. The summed E-state index contributed by atoms with van der Waals surface area (Å²) in [5.74, 6) is 0.572. The van der Waals surface area contributed by atoms with Crippen LogP contribution in [0.4, 0.5) is 5.69 Å². The average molecular weight is 402 g/mol. The molecule has 28 heavy (non-hydrogen) atoms. The van der Waals surface area contributed by atoms with Gasteiger partial charge in [-0.1, -0.05) is 62.6 Å². The number of para-hydroxylation sites is 1. The van der Waals surface area contributed by atoms with E-state index in [4.69, 9.17) is 4.42 Å². The Balaban J connectivity index is 1.65. The molecular weight excluding hydrogens is 374 g/mol. The standard InChI is InChI=1S/C21H27N3O3S/c1-2-3-4-5-9-12-19(25)24-22-15-18-13-14-21(27-18)28-16-20(26)23-17-10-7-6-8-11-17/h6-8,10-11,13-15H,2-5,9,12,16H2,1H3,(H,23,26)(H,24,25). The number of hydrazone groups is 1. The second kappa shape index (κ2) is 12.8. The van der Waals surface area contributed by atoms with Gasteiger partial charge in [0.1, 0.15) is 5.76 Å². The van der Waals surface area contributed by atoms with Crippen molar-refractivity contribution in [2.45, 2.75) is 50.5 Å². The summed E-state index contributed by atoms with van der Waals surface area (Å²) >= 11 is 1.30. The van der Waals surface area contributed by atoms with E-state index >= 15 is 0 Å². The summed E-state index contributed by atoms with van der Waals surface area (Å²) in [5, 5.41) is 7.35. The Bertz CT molecular complexity index is 759. The maximum Gasteiger partial charge on any atom is 0.240 e. The first-order chi connectivity index (χ1) is 13.7. The first kappa shape index (κ1) is 21.8. The molecule has 7 heteroatoms. The third kappa shape index (κ3) is 8.90. The van der Waals surface area contributed by atoms with E-state index in [2.05, 4.69) is 22.8 Å². The number of amides is 2. The number of furan rings is 1. The first-order valence-electron chi connectivity index (χ1n) is 9.57. The molecule has 0 saturated heterocycles. The SMILES string of the molecule is CCCCCCCC(=O)NN=Cc1ccc(SCC(=O)Nc2ccccc2)o1. The van der Waals surface area contributed by atoms with Crippen LogP contribution in [-0.2, 0) is 9.59 Å². The molecule has 2 aromatic rings. The van der Waals surface area contributed by atoms with Gasteiger partial charge < -0.3 is 9.73 Å². The Morgan fingerprint density at radius 1 is 1.04 bits per heavy atom. The molecule has 0 spiro atoms. The largest absolute Gasteiger partial charge is 0.449 e. The van der Waals surface area contributed by atoms with E-state index in [0.29, 0.717) is 17.3 Å². The lowest BCUT2D eigenvalue weighted by Crippen LogP contribution is -2.16. The Morgan fingerprint density at radius 3 is 2.61 bits per heavy atom. The highest BCUT2D eigenvalue weighted by atomic mass is 32.2. The number of nitrogens with one attached hydrogen (secondary N) is 2. The van der Waals surface area contributed by atoms with Gasteiger partial charge >= 0.3 is 0 Å². The number of carbonyl (C=O) groups is 2. The molecule has 0 aliphatic heterocycles. The number of anilines is 1. The van der Waals surface area contributed by atoms with Crippen molar-refractivity contribution < 1.29 is 14.0 Å². The molecular formula is C21H27N3O3S. The van der Waals surface area contributed by atoms with Crippen LogP contribution in [0.15, 0.2) is 57.1 Å². The van der Waals surface area contributed by atoms with Crippen molar-refractivity contribution in [2.24, 2.45) is 5.10 Å². The minimum absolute atomic E-state index is 0.0912. The van der Waals surface area contributed by atoms with Gasteiger partial charge in [0.2, 0.25) is 11.8 Å². The molecule has 6 nitrogen and oxygen atoms in total. The molecule has 0 radical (unpaired) electrons. The number of unbranched alkanes of at least 4 members (excludes halogenated alkanes) is 4. The number of nitrogens with zero attached hydrogens (tertiary/aromatic N) is 1. The number of rotatable bonds is 12. The summed E-state index contributed by atoms with van der Waals surface area (Å²) in [5.41, 5.74) is 3.27. The van der Waals surface area contributed by atoms with Crippen molar-refractivity contribution in [1.82, 2.24) is 5.43 Å². The van der Waals surface area contributed by atoms with Gasteiger partial charge in [-0.2, -0.15) is 5.10 Å². The highest BCUT2D eigenvalue weighted by Crippen LogP contribution is 2.20. The van der Waals surface area contributed by atoms with E-state index in [-0.39, 0.29) is 17.6 Å². The lowest BCUT2D eigenvalue weighted by Gasteiger charge is -2.03. The molecule has 1 heterocycles. The van der Waals surface area contributed by atoms with Gasteiger partial charge in [-0.05, 0) is 30.7 Å². The van der Waals surface area contributed by atoms with E-state index in [1.807, 2.05) is 30.3 Å². The number of hydrogen-bond acceptors (Lipinski definition) is 5. The minimum atomic E-state index is -0.103. The van der Waals surface area contributed by atoms with Gasteiger partial charge in [0.25, 0.3) is 0 Å². The lowest BCUT2D eigenvalue weighted by atomic mass is 10.1. The van der Waals surface area contributed by atoms with Gasteiger partial charge in [-0.15, -0.1) is 0 Å². The van der Waals surface area contributed by atoms with Crippen molar-refractivity contribution in [3.05, 3.63) is 48.2 Å². The van der Waals surface area contributed by atoms with Crippen molar-refractivity contribution >= 4 is 35.5 Å². The van der Waals surface area contributed by atoms with Gasteiger partial charge in [0.15, 0.2) is 5.09 Å². The van der Waals surface area contributed by atoms with E-state index in [1.165, 1.54) is 37.2 Å². The Morgan fingerprint density at radius 2 is 1.82 bits per heavy atom. The zero-order valence-corrected chi connectivity index (χ0v) is 17.0. The number of thioether (sulfide) groups is 1. The number of hydrogen-bond donors (Lipinski definition) is 2. The van der Waals surface area contributed by atoms with E-state index < -0.39 is 0 Å². The van der Waals surface area contributed by atoms with Crippen LogP contribution in [0.3, 0.4) is 0 Å². The molecule has 0 fully saturated rings. The van der Waals surface area contributed by atoms with Crippen molar-refractivity contribution in [3.63, 3.8) is 0 Å². The Hall–Kier alpha value is -2.54. The maximum absolute atomic E-state index is 11.9. The van der Waals surface area contributed by atoms with E-state index in [1.54, 1.807) is 12.1 Å². The average Bonchev–Trinajstić information content (AvgIpc) is 3.15. The zero-order valence-electron chi connectivity index (χ0n) is 16.1. The van der Waals surface area contributed by atoms with Gasteiger partial charge in [-0.3, -0.25) is 9.59 Å². The topological polar surface area (TPSA) is 83.7 Å². The molecule has 2 N–H and O–H groups in total. The predicted octanol–water partition coefficient (Wildman–Crippen LogP) is 4.82. The lowest BCUT2D eigenvalue weighted by molar-refractivity contribution is -0.121. The fourth-order valence-corrected chi connectivity index (χ4v) is 3.11. The summed E-state index contributed by atoms with van der Waals surface area (Å²) in [6.45, 7) is 2.17. The summed E-state index contributed by atoms with van der Waals surface area (Å²) < 4.78 is 5.57. The summed E-state index contributed by atoms with van der Waals surface area (Å²) in [7, 11) is 0. The predicted molar refractivity (Wildman–Crippen MR) is 114 cm³/mol. The smallest absolute Gasteiger partial charge is 0.240 e. The molecule has 0 atom stereocenters. The summed E-state index contributed by atoms with van der Waals surface area (Å²) in [6, 6.07) is 12.8. The molecule has 0 bridgehead atoms. The Kier molecular flexibility index (Phi) is 9.93. The highest BCUT2D eigenvalue weighted by Gasteiger charge is 2.07. The molecule has 2 rings (SSSR count). The van der Waals surface area contributed by atoms with Crippen LogP contribution >= 0.6 is 11.8 Å². The molecule has 0 unspecified atom stereocenters. The number of benzene rings is 1. The third-order valence-electron chi connectivity index (χ3n) is 3.89.